The Morgan fingerprint density at radius 1 is 1.03 bits per heavy atom. The lowest BCUT2D eigenvalue weighted by Crippen LogP contribution is -2.30. The van der Waals surface area contributed by atoms with Crippen LogP contribution in [-0.2, 0) is 11.2 Å². The van der Waals surface area contributed by atoms with Gasteiger partial charge in [0.1, 0.15) is 0 Å². The Balaban J connectivity index is 1.57. The first-order chi connectivity index (χ1) is 15.5. The van der Waals surface area contributed by atoms with Crippen molar-refractivity contribution in [3.05, 3.63) is 94.7 Å². The van der Waals surface area contributed by atoms with Crippen molar-refractivity contribution < 1.29 is 4.79 Å². The molecule has 1 aliphatic heterocycles. The number of thioether (sulfide) groups is 1. The van der Waals surface area contributed by atoms with E-state index in [1.54, 1.807) is 0 Å². The van der Waals surface area contributed by atoms with Gasteiger partial charge in [0.25, 0.3) is 5.91 Å². The molecule has 1 amide bonds. The minimum absolute atomic E-state index is 0.0349. The van der Waals surface area contributed by atoms with E-state index in [4.69, 9.17) is 4.99 Å². The molecule has 2 aromatic carbocycles. The van der Waals surface area contributed by atoms with Crippen LogP contribution in [0, 0.1) is 6.92 Å². The number of carbonyl (C=O) groups excluding carboxylic acids is 1. The maximum atomic E-state index is 13.3. The first-order valence-corrected chi connectivity index (χ1v) is 11.9. The number of benzene rings is 2. The van der Waals surface area contributed by atoms with E-state index in [0.29, 0.717) is 12.6 Å². The number of para-hydroxylation sites is 1. The minimum atomic E-state index is 0.0349. The molecule has 0 radical (unpaired) electrons. The molecular formula is C27H29N3OS. The number of carbonyl (C=O) groups is 1. The fourth-order valence-electron chi connectivity index (χ4n) is 3.89. The van der Waals surface area contributed by atoms with Gasteiger partial charge in [0.05, 0.1) is 10.6 Å². The quantitative estimate of drug-likeness (QED) is 0.385. The molecule has 0 aliphatic carbocycles. The fraction of sp³-hybridized carbons (Fsp3) is 0.259. The number of amidine groups is 1. The van der Waals surface area contributed by atoms with Gasteiger partial charge >= 0.3 is 0 Å². The van der Waals surface area contributed by atoms with Gasteiger partial charge in [-0.25, -0.2) is 4.99 Å². The van der Waals surface area contributed by atoms with E-state index in [1.807, 2.05) is 47.4 Å². The highest BCUT2D eigenvalue weighted by Crippen LogP contribution is 2.34. The van der Waals surface area contributed by atoms with Crippen LogP contribution in [-0.4, -0.2) is 27.1 Å². The van der Waals surface area contributed by atoms with Gasteiger partial charge in [0.15, 0.2) is 5.17 Å². The van der Waals surface area contributed by atoms with Crippen LogP contribution >= 0.6 is 11.8 Å². The van der Waals surface area contributed by atoms with E-state index in [-0.39, 0.29) is 5.91 Å². The highest BCUT2D eigenvalue weighted by molar-refractivity contribution is 8.18. The van der Waals surface area contributed by atoms with E-state index < -0.39 is 0 Å². The van der Waals surface area contributed by atoms with Crippen LogP contribution in [0.15, 0.2) is 82.8 Å². The molecule has 0 atom stereocenters. The molecule has 0 bridgehead atoms. The Bertz CT molecular complexity index is 1130. The molecule has 1 fully saturated rings. The highest BCUT2D eigenvalue weighted by Gasteiger charge is 2.33. The summed E-state index contributed by atoms with van der Waals surface area (Å²) in [5.74, 6) is 0.0349. The number of amides is 1. The zero-order valence-corrected chi connectivity index (χ0v) is 19.7. The van der Waals surface area contributed by atoms with Crippen molar-refractivity contribution in [2.45, 2.75) is 39.7 Å². The standard InChI is InChI=1S/C27H29N3OS/c1-20(2)30-19-23(17-21(30)3)18-25-26(31)29(16-10-13-22-11-6-4-7-12-22)27(32-25)28-24-14-8-5-9-15-24/h4-9,11-12,14-15,17-20H,10,13,16H2,1-3H3/b25-18+,28-27?. The van der Waals surface area contributed by atoms with Gasteiger partial charge in [0, 0.05) is 24.5 Å². The fourth-order valence-corrected chi connectivity index (χ4v) is 4.91. The van der Waals surface area contributed by atoms with Crippen LogP contribution in [0.3, 0.4) is 0 Å². The van der Waals surface area contributed by atoms with Crippen molar-refractivity contribution in [1.29, 1.82) is 0 Å². The number of aliphatic imine (C=N–C) groups is 1. The van der Waals surface area contributed by atoms with Crippen LogP contribution in [0.5, 0.6) is 0 Å². The molecule has 32 heavy (non-hydrogen) atoms. The molecule has 0 unspecified atom stereocenters. The molecule has 3 aromatic rings. The monoisotopic (exact) mass is 443 g/mol. The van der Waals surface area contributed by atoms with Crippen molar-refractivity contribution in [3.8, 4) is 0 Å². The third-order valence-corrected chi connectivity index (χ3v) is 6.49. The Hall–Kier alpha value is -3.05. The summed E-state index contributed by atoms with van der Waals surface area (Å²) in [6.45, 7) is 7.08. The second-order valence-corrected chi connectivity index (χ2v) is 9.31. The maximum Gasteiger partial charge on any atom is 0.266 e. The average molecular weight is 444 g/mol. The number of hydrogen-bond acceptors (Lipinski definition) is 3. The third-order valence-electron chi connectivity index (χ3n) is 5.48. The normalized spacial score (nSPS) is 16.6. The lowest BCUT2D eigenvalue weighted by Gasteiger charge is -2.15. The van der Waals surface area contributed by atoms with E-state index in [2.05, 4.69) is 61.9 Å². The van der Waals surface area contributed by atoms with Gasteiger partial charge in [0.2, 0.25) is 0 Å². The Labute approximate surface area is 194 Å². The summed E-state index contributed by atoms with van der Waals surface area (Å²) >= 11 is 1.46. The zero-order chi connectivity index (χ0) is 22.5. The number of aryl methyl sites for hydroxylation is 2. The van der Waals surface area contributed by atoms with E-state index in [1.165, 1.54) is 23.0 Å². The first-order valence-electron chi connectivity index (χ1n) is 11.1. The van der Waals surface area contributed by atoms with Gasteiger partial charge in [-0.05, 0) is 80.8 Å². The van der Waals surface area contributed by atoms with Crippen molar-refractivity contribution in [2.75, 3.05) is 6.54 Å². The average Bonchev–Trinajstić information content (AvgIpc) is 3.30. The maximum absolute atomic E-state index is 13.3. The topological polar surface area (TPSA) is 37.6 Å². The van der Waals surface area contributed by atoms with Crippen molar-refractivity contribution >= 4 is 34.6 Å². The van der Waals surface area contributed by atoms with Gasteiger partial charge in [-0.15, -0.1) is 0 Å². The molecule has 1 saturated heterocycles. The van der Waals surface area contributed by atoms with Gasteiger partial charge in [-0.1, -0.05) is 48.5 Å². The second-order valence-electron chi connectivity index (χ2n) is 8.30. The molecule has 5 heteroatoms. The largest absolute Gasteiger partial charge is 0.349 e. The van der Waals surface area contributed by atoms with Crippen LogP contribution in [0.1, 0.15) is 43.1 Å². The molecule has 1 aromatic heterocycles. The lowest BCUT2D eigenvalue weighted by molar-refractivity contribution is -0.122. The smallest absolute Gasteiger partial charge is 0.266 e. The Kier molecular flexibility index (Phi) is 6.96. The van der Waals surface area contributed by atoms with Crippen LogP contribution in [0.4, 0.5) is 5.69 Å². The molecule has 164 valence electrons. The number of aromatic nitrogens is 1. The van der Waals surface area contributed by atoms with Crippen LogP contribution in [0.25, 0.3) is 6.08 Å². The Morgan fingerprint density at radius 2 is 1.72 bits per heavy atom. The summed E-state index contributed by atoms with van der Waals surface area (Å²) in [6, 6.07) is 22.8. The Morgan fingerprint density at radius 3 is 2.38 bits per heavy atom. The molecule has 0 spiro atoms. The van der Waals surface area contributed by atoms with E-state index >= 15 is 0 Å². The summed E-state index contributed by atoms with van der Waals surface area (Å²) in [6.07, 6.45) is 5.94. The summed E-state index contributed by atoms with van der Waals surface area (Å²) < 4.78 is 2.23. The molecule has 1 aliphatic rings. The second kappa shape index (κ2) is 10.0. The molecular weight excluding hydrogens is 414 g/mol. The predicted molar refractivity (Wildman–Crippen MR) is 135 cm³/mol. The first kappa shape index (κ1) is 22.2. The van der Waals surface area contributed by atoms with Crippen molar-refractivity contribution in [3.63, 3.8) is 0 Å². The van der Waals surface area contributed by atoms with Crippen molar-refractivity contribution in [1.82, 2.24) is 9.47 Å². The minimum Gasteiger partial charge on any atom is -0.349 e. The van der Waals surface area contributed by atoms with Gasteiger partial charge < -0.3 is 4.57 Å². The highest BCUT2D eigenvalue weighted by atomic mass is 32.2. The summed E-state index contributed by atoms with van der Waals surface area (Å²) in [5, 5.41) is 0.750. The molecule has 4 nitrogen and oxygen atoms in total. The SMILES string of the molecule is Cc1cc(/C=C2/SC(=Nc3ccccc3)N(CCCc3ccccc3)C2=O)cn1C(C)C. The predicted octanol–water partition coefficient (Wildman–Crippen LogP) is 6.61. The van der Waals surface area contributed by atoms with Crippen LogP contribution in [0.2, 0.25) is 0 Å². The van der Waals surface area contributed by atoms with Crippen molar-refractivity contribution in [2.24, 2.45) is 4.99 Å². The molecule has 0 saturated carbocycles. The number of rotatable bonds is 7. The summed E-state index contributed by atoms with van der Waals surface area (Å²) in [5.41, 5.74) is 4.39. The third kappa shape index (κ3) is 5.22. The van der Waals surface area contributed by atoms with Crippen LogP contribution < -0.4 is 0 Å². The number of nitrogens with zero attached hydrogens (tertiary/aromatic N) is 3. The molecule has 4 rings (SSSR count). The molecule has 2 heterocycles. The van der Waals surface area contributed by atoms with E-state index in [0.717, 1.165) is 34.2 Å². The van der Waals surface area contributed by atoms with Gasteiger partial charge in [-0.2, -0.15) is 0 Å². The summed E-state index contributed by atoms with van der Waals surface area (Å²) in [7, 11) is 0. The van der Waals surface area contributed by atoms with E-state index in [9.17, 15) is 4.79 Å². The van der Waals surface area contributed by atoms with Gasteiger partial charge in [-0.3, -0.25) is 9.69 Å². The number of hydrogen-bond donors (Lipinski definition) is 0. The molecule has 0 N–H and O–H groups in total. The lowest BCUT2D eigenvalue weighted by atomic mass is 10.1. The summed E-state index contributed by atoms with van der Waals surface area (Å²) in [4.78, 5) is 20.7. The zero-order valence-electron chi connectivity index (χ0n) is 18.9.